The van der Waals surface area contributed by atoms with Crippen molar-refractivity contribution in [1.29, 1.82) is 0 Å². The number of hydrogen-bond donors (Lipinski definition) is 0. The average molecular weight is 207 g/mol. The van der Waals surface area contributed by atoms with E-state index in [2.05, 4.69) is 0 Å². The summed E-state index contributed by atoms with van der Waals surface area (Å²) in [7, 11) is 0. The SMILES string of the molecule is CCc1cccc(CC(C)=O)c1[N+](=O)[O-]. The van der Waals surface area contributed by atoms with Gasteiger partial charge in [-0.1, -0.05) is 25.1 Å². The third-order valence-electron chi connectivity index (χ3n) is 2.21. The van der Waals surface area contributed by atoms with Crippen molar-refractivity contribution in [3.05, 3.63) is 39.4 Å². The second kappa shape index (κ2) is 4.68. The van der Waals surface area contributed by atoms with Crippen molar-refractivity contribution in [2.75, 3.05) is 0 Å². The maximum atomic E-state index is 11.0. The smallest absolute Gasteiger partial charge is 0.276 e. The number of para-hydroxylation sites is 1. The third-order valence-corrected chi connectivity index (χ3v) is 2.21. The molecular formula is C11H13NO3. The lowest BCUT2D eigenvalue weighted by Crippen LogP contribution is -2.03. The van der Waals surface area contributed by atoms with Crippen molar-refractivity contribution in [3.8, 4) is 0 Å². The first-order valence-corrected chi connectivity index (χ1v) is 4.80. The van der Waals surface area contributed by atoms with E-state index >= 15 is 0 Å². The Balaban J connectivity index is 3.25. The Labute approximate surface area is 88.1 Å². The summed E-state index contributed by atoms with van der Waals surface area (Å²) in [5, 5.41) is 10.9. The number of carbonyl (C=O) groups is 1. The van der Waals surface area contributed by atoms with Gasteiger partial charge in [-0.2, -0.15) is 0 Å². The fourth-order valence-electron chi connectivity index (χ4n) is 1.58. The van der Waals surface area contributed by atoms with Crippen LogP contribution in [-0.4, -0.2) is 10.7 Å². The number of carbonyl (C=O) groups excluding carboxylic acids is 1. The molecule has 0 saturated heterocycles. The van der Waals surface area contributed by atoms with Crippen molar-refractivity contribution in [1.82, 2.24) is 0 Å². The van der Waals surface area contributed by atoms with Crippen LogP contribution in [-0.2, 0) is 17.6 Å². The van der Waals surface area contributed by atoms with Crippen LogP contribution in [0.2, 0.25) is 0 Å². The summed E-state index contributed by atoms with van der Waals surface area (Å²) in [6, 6.07) is 5.12. The molecule has 4 nitrogen and oxygen atoms in total. The minimum atomic E-state index is -0.406. The molecule has 0 aromatic heterocycles. The number of nitrogens with zero attached hydrogens (tertiary/aromatic N) is 1. The largest absolute Gasteiger partial charge is 0.300 e. The molecule has 1 rings (SSSR count). The highest BCUT2D eigenvalue weighted by Gasteiger charge is 2.18. The average Bonchev–Trinajstić information content (AvgIpc) is 2.15. The molecule has 0 saturated carbocycles. The van der Waals surface area contributed by atoms with E-state index in [-0.39, 0.29) is 17.9 Å². The molecule has 0 atom stereocenters. The predicted molar refractivity (Wildman–Crippen MR) is 56.9 cm³/mol. The van der Waals surface area contributed by atoms with E-state index in [9.17, 15) is 14.9 Å². The van der Waals surface area contributed by atoms with Crippen LogP contribution >= 0.6 is 0 Å². The molecule has 0 fully saturated rings. The summed E-state index contributed by atoms with van der Waals surface area (Å²) in [4.78, 5) is 21.4. The molecule has 1 aromatic carbocycles. The Kier molecular flexibility index (Phi) is 3.55. The number of benzene rings is 1. The number of nitro benzene ring substituents is 1. The van der Waals surface area contributed by atoms with Gasteiger partial charge >= 0.3 is 0 Å². The zero-order valence-corrected chi connectivity index (χ0v) is 8.82. The van der Waals surface area contributed by atoms with Gasteiger partial charge in [0.25, 0.3) is 5.69 Å². The van der Waals surface area contributed by atoms with Gasteiger partial charge in [0, 0.05) is 17.5 Å². The van der Waals surface area contributed by atoms with Crippen molar-refractivity contribution < 1.29 is 9.72 Å². The molecule has 4 heteroatoms. The van der Waals surface area contributed by atoms with Crippen LogP contribution in [0, 0.1) is 10.1 Å². The fourth-order valence-corrected chi connectivity index (χ4v) is 1.58. The van der Waals surface area contributed by atoms with Gasteiger partial charge in [0.05, 0.1) is 4.92 Å². The maximum Gasteiger partial charge on any atom is 0.276 e. The van der Waals surface area contributed by atoms with E-state index in [1.807, 2.05) is 6.92 Å². The normalized spacial score (nSPS) is 10.0. The molecule has 15 heavy (non-hydrogen) atoms. The Morgan fingerprint density at radius 3 is 2.47 bits per heavy atom. The Hall–Kier alpha value is -1.71. The first-order chi connectivity index (χ1) is 7.06. The number of nitro groups is 1. The highest BCUT2D eigenvalue weighted by molar-refractivity contribution is 5.79. The summed E-state index contributed by atoms with van der Waals surface area (Å²) in [6.45, 7) is 3.29. The summed E-state index contributed by atoms with van der Waals surface area (Å²) < 4.78 is 0. The molecule has 0 heterocycles. The van der Waals surface area contributed by atoms with E-state index in [4.69, 9.17) is 0 Å². The second-order valence-electron chi connectivity index (χ2n) is 3.41. The first kappa shape index (κ1) is 11.4. The Morgan fingerprint density at radius 1 is 1.40 bits per heavy atom. The van der Waals surface area contributed by atoms with Crippen molar-refractivity contribution in [2.24, 2.45) is 0 Å². The molecule has 0 aliphatic heterocycles. The molecule has 0 aliphatic carbocycles. The van der Waals surface area contributed by atoms with Crippen molar-refractivity contribution >= 4 is 11.5 Å². The van der Waals surface area contributed by atoms with Crippen LogP contribution in [0.25, 0.3) is 0 Å². The van der Waals surface area contributed by atoms with Crippen LogP contribution in [0.5, 0.6) is 0 Å². The lowest BCUT2D eigenvalue weighted by molar-refractivity contribution is -0.386. The van der Waals surface area contributed by atoms with Crippen molar-refractivity contribution in [2.45, 2.75) is 26.7 Å². The summed E-state index contributed by atoms with van der Waals surface area (Å²) >= 11 is 0. The quantitative estimate of drug-likeness (QED) is 0.562. The van der Waals surface area contributed by atoms with Gasteiger partial charge in [-0.05, 0) is 13.3 Å². The molecule has 80 valence electrons. The molecule has 0 radical (unpaired) electrons. The Morgan fingerprint density at radius 2 is 2.00 bits per heavy atom. The fraction of sp³-hybridized carbons (Fsp3) is 0.364. The Bertz CT molecular complexity index is 399. The predicted octanol–water partition coefficient (Wildman–Crippen LogP) is 2.29. The maximum absolute atomic E-state index is 11.0. The standard InChI is InChI=1S/C11H13NO3/c1-3-9-5-4-6-10(7-8(2)13)11(9)12(14)15/h4-6H,3,7H2,1-2H3. The van der Waals surface area contributed by atoms with E-state index < -0.39 is 4.92 Å². The van der Waals surface area contributed by atoms with Crippen LogP contribution in [0.1, 0.15) is 25.0 Å². The van der Waals surface area contributed by atoms with Crippen LogP contribution in [0.4, 0.5) is 5.69 Å². The van der Waals surface area contributed by atoms with Crippen LogP contribution in [0.3, 0.4) is 0 Å². The van der Waals surface area contributed by atoms with E-state index in [1.54, 1.807) is 18.2 Å². The molecule has 1 aromatic rings. The van der Waals surface area contributed by atoms with Crippen LogP contribution in [0.15, 0.2) is 18.2 Å². The minimum absolute atomic E-state index is 0.0636. The highest BCUT2D eigenvalue weighted by Crippen LogP contribution is 2.24. The first-order valence-electron chi connectivity index (χ1n) is 4.80. The summed E-state index contributed by atoms with van der Waals surface area (Å²) in [5.74, 6) is -0.0636. The van der Waals surface area contributed by atoms with Gasteiger partial charge in [-0.3, -0.25) is 14.9 Å². The number of rotatable bonds is 4. The molecular weight excluding hydrogens is 194 g/mol. The molecule has 0 N–H and O–H groups in total. The zero-order valence-electron chi connectivity index (χ0n) is 8.82. The second-order valence-corrected chi connectivity index (χ2v) is 3.41. The third kappa shape index (κ3) is 2.62. The minimum Gasteiger partial charge on any atom is -0.300 e. The monoisotopic (exact) mass is 207 g/mol. The summed E-state index contributed by atoms with van der Waals surface area (Å²) in [5.41, 5.74) is 1.28. The molecule has 0 amide bonds. The van der Waals surface area contributed by atoms with Crippen molar-refractivity contribution in [3.63, 3.8) is 0 Å². The van der Waals surface area contributed by atoms with E-state index in [0.29, 0.717) is 17.5 Å². The van der Waals surface area contributed by atoms with Crippen LogP contribution < -0.4 is 0 Å². The van der Waals surface area contributed by atoms with Gasteiger partial charge in [0.15, 0.2) is 0 Å². The zero-order chi connectivity index (χ0) is 11.4. The lowest BCUT2D eigenvalue weighted by atomic mass is 10.0. The van der Waals surface area contributed by atoms with Gasteiger partial charge in [0.2, 0.25) is 0 Å². The highest BCUT2D eigenvalue weighted by atomic mass is 16.6. The van der Waals surface area contributed by atoms with Gasteiger partial charge in [-0.25, -0.2) is 0 Å². The number of ketones is 1. The number of aryl methyl sites for hydroxylation is 1. The lowest BCUT2D eigenvalue weighted by Gasteiger charge is -2.04. The van der Waals surface area contributed by atoms with E-state index in [0.717, 1.165) is 0 Å². The molecule has 0 spiro atoms. The molecule has 0 unspecified atom stereocenters. The number of Topliss-reactive ketones (excluding diaryl/α,β-unsaturated/α-hetero) is 1. The van der Waals surface area contributed by atoms with Gasteiger partial charge in [0.1, 0.15) is 5.78 Å². The van der Waals surface area contributed by atoms with E-state index in [1.165, 1.54) is 6.92 Å². The summed E-state index contributed by atoms with van der Waals surface area (Å²) in [6.07, 6.45) is 0.728. The molecule has 0 aliphatic rings. The van der Waals surface area contributed by atoms with Gasteiger partial charge < -0.3 is 0 Å². The topological polar surface area (TPSA) is 60.2 Å². The molecule has 0 bridgehead atoms. The number of hydrogen-bond acceptors (Lipinski definition) is 3. The van der Waals surface area contributed by atoms with Gasteiger partial charge in [-0.15, -0.1) is 0 Å².